The van der Waals surface area contributed by atoms with E-state index in [-0.39, 0.29) is 10.6 Å². The van der Waals surface area contributed by atoms with Gasteiger partial charge in [-0.3, -0.25) is 15.1 Å². The highest BCUT2D eigenvalue weighted by Crippen LogP contribution is 2.31. The lowest BCUT2D eigenvalue weighted by Gasteiger charge is -2.21. The molecule has 0 bridgehead atoms. The van der Waals surface area contributed by atoms with E-state index in [4.69, 9.17) is 0 Å². The molecule has 1 fully saturated rings. The van der Waals surface area contributed by atoms with Gasteiger partial charge in [-0.2, -0.15) is 0 Å². The second kappa shape index (κ2) is 5.29. The third-order valence-electron chi connectivity index (χ3n) is 4.05. The van der Waals surface area contributed by atoms with Gasteiger partial charge in [0.15, 0.2) is 0 Å². The SMILES string of the molecule is CNC1CCN(c2cc(C)nc3ccc([N+](=O)[O-])cc23)C1. The van der Waals surface area contributed by atoms with E-state index in [1.54, 1.807) is 12.1 Å². The number of hydrogen-bond acceptors (Lipinski definition) is 5. The fourth-order valence-electron chi connectivity index (χ4n) is 2.91. The summed E-state index contributed by atoms with van der Waals surface area (Å²) in [7, 11) is 1.97. The molecule has 2 heterocycles. The van der Waals surface area contributed by atoms with Crippen molar-refractivity contribution in [3.63, 3.8) is 0 Å². The van der Waals surface area contributed by atoms with Crippen LogP contribution in [0.1, 0.15) is 12.1 Å². The number of nitro benzene ring substituents is 1. The molecular formula is C15H18N4O2. The van der Waals surface area contributed by atoms with E-state index in [0.717, 1.165) is 41.8 Å². The van der Waals surface area contributed by atoms with E-state index >= 15 is 0 Å². The van der Waals surface area contributed by atoms with E-state index in [0.29, 0.717) is 6.04 Å². The first-order chi connectivity index (χ1) is 10.1. The molecule has 1 aromatic heterocycles. The number of anilines is 1. The van der Waals surface area contributed by atoms with Crippen molar-refractivity contribution in [3.05, 3.63) is 40.1 Å². The molecule has 2 aromatic rings. The summed E-state index contributed by atoms with van der Waals surface area (Å²) in [6.07, 6.45) is 1.08. The summed E-state index contributed by atoms with van der Waals surface area (Å²) in [6.45, 7) is 3.82. The van der Waals surface area contributed by atoms with E-state index < -0.39 is 0 Å². The number of nitro groups is 1. The lowest BCUT2D eigenvalue weighted by Crippen LogP contribution is -2.29. The maximum Gasteiger partial charge on any atom is 0.270 e. The standard InChI is InChI=1S/C15H18N4O2/c1-10-7-15(18-6-5-11(9-18)16-2)13-8-12(19(20)21)3-4-14(13)17-10/h3-4,7-8,11,16H,5-6,9H2,1-2H3. The molecule has 1 atom stereocenters. The largest absolute Gasteiger partial charge is 0.369 e. The van der Waals surface area contributed by atoms with Crippen LogP contribution in [0.25, 0.3) is 10.9 Å². The van der Waals surface area contributed by atoms with Crippen LogP contribution in [0.2, 0.25) is 0 Å². The molecule has 0 aliphatic carbocycles. The third-order valence-corrected chi connectivity index (χ3v) is 4.05. The van der Waals surface area contributed by atoms with Crippen molar-refractivity contribution in [2.45, 2.75) is 19.4 Å². The average Bonchev–Trinajstić information content (AvgIpc) is 2.94. The molecule has 0 saturated carbocycles. The van der Waals surface area contributed by atoms with Crippen LogP contribution in [0.5, 0.6) is 0 Å². The molecule has 110 valence electrons. The first-order valence-electron chi connectivity index (χ1n) is 7.06. The Hall–Kier alpha value is -2.21. The Morgan fingerprint density at radius 3 is 2.90 bits per heavy atom. The molecule has 21 heavy (non-hydrogen) atoms. The predicted molar refractivity (Wildman–Crippen MR) is 82.8 cm³/mol. The van der Waals surface area contributed by atoms with Gasteiger partial charge < -0.3 is 10.2 Å². The average molecular weight is 286 g/mol. The Labute approximate surface area is 122 Å². The van der Waals surface area contributed by atoms with Crippen LogP contribution in [-0.2, 0) is 0 Å². The van der Waals surface area contributed by atoms with Crippen LogP contribution in [0.3, 0.4) is 0 Å². The van der Waals surface area contributed by atoms with Crippen molar-refractivity contribution >= 4 is 22.3 Å². The van der Waals surface area contributed by atoms with Gasteiger partial charge in [0.2, 0.25) is 0 Å². The number of nitrogens with one attached hydrogen (secondary N) is 1. The molecule has 1 unspecified atom stereocenters. The quantitative estimate of drug-likeness (QED) is 0.692. The summed E-state index contributed by atoms with van der Waals surface area (Å²) >= 11 is 0. The van der Waals surface area contributed by atoms with Crippen molar-refractivity contribution in [3.8, 4) is 0 Å². The monoisotopic (exact) mass is 286 g/mol. The van der Waals surface area contributed by atoms with Gasteiger partial charge in [0.05, 0.1) is 10.4 Å². The Balaban J connectivity index is 2.11. The maximum absolute atomic E-state index is 11.0. The van der Waals surface area contributed by atoms with Gasteiger partial charge in [-0.1, -0.05) is 0 Å². The predicted octanol–water partition coefficient (Wildman–Crippen LogP) is 2.25. The van der Waals surface area contributed by atoms with Crippen molar-refractivity contribution in [2.75, 3.05) is 25.0 Å². The molecule has 6 heteroatoms. The summed E-state index contributed by atoms with van der Waals surface area (Å²) in [4.78, 5) is 17.4. The minimum atomic E-state index is -0.358. The van der Waals surface area contributed by atoms with E-state index in [9.17, 15) is 10.1 Å². The van der Waals surface area contributed by atoms with E-state index in [1.807, 2.05) is 20.0 Å². The Morgan fingerprint density at radius 1 is 1.43 bits per heavy atom. The van der Waals surface area contributed by atoms with Crippen LogP contribution in [-0.4, -0.2) is 36.1 Å². The molecule has 1 saturated heterocycles. The van der Waals surface area contributed by atoms with Gasteiger partial charge >= 0.3 is 0 Å². The van der Waals surface area contributed by atoms with Gasteiger partial charge in [-0.25, -0.2) is 0 Å². The zero-order valence-electron chi connectivity index (χ0n) is 12.2. The maximum atomic E-state index is 11.0. The first kappa shape index (κ1) is 13.8. The molecule has 3 rings (SSSR count). The van der Waals surface area contributed by atoms with E-state index in [2.05, 4.69) is 15.2 Å². The summed E-state index contributed by atoms with van der Waals surface area (Å²) in [5, 5.41) is 15.1. The number of fused-ring (bicyclic) bond motifs is 1. The second-order valence-electron chi connectivity index (χ2n) is 5.46. The van der Waals surface area contributed by atoms with Crippen LogP contribution in [0, 0.1) is 17.0 Å². The smallest absolute Gasteiger partial charge is 0.270 e. The fourth-order valence-corrected chi connectivity index (χ4v) is 2.91. The number of benzene rings is 1. The molecular weight excluding hydrogens is 268 g/mol. The van der Waals surface area contributed by atoms with Gasteiger partial charge in [0, 0.05) is 48.0 Å². The van der Waals surface area contributed by atoms with Crippen LogP contribution >= 0.6 is 0 Å². The molecule has 0 spiro atoms. The number of nitrogens with zero attached hydrogens (tertiary/aromatic N) is 3. The van der Waals surface area contributed by atoms with Crippen molar-refractivity contribution < 1.29 is 4.92 Å². The highest BCUT2D eigenvalue weighted by Gasteiger charge is 2.23. The van der Waals surface area contributed by atoms with Crippen molar-refractivity contribution in [1.82, 2.24) is 10.3 Å². The second-order valence-corrected chi connectivity index (χ2v) is 5.46. The molecule has 1 aliphatic heterocycles. The number of likely N-dealkylation sites (N-methyl/N-ethyl adjacent to an activating group) is 1. The molecule has 0 radical (unpaired) electrons. The molecule has 1 aromatic carbocycles. The van der Waals surface area contributed by atoms with Crippen LogP contribution < -0.4 is 10.2 Å². The highest BCUT2D eigenvalue weighted by atomic mass is 16.6. The van der Waals surface area contributed by atoms with Gasteiger partial charge in [-0.15, -0.1) is 0 Å². The minimum Gasteiger partial charge on any atom is -0.369 e. The van der Waals surface area contributed by atoms with Gasteiger partial charge in [-0.05, 0) is 32.5 Å². The topological polar surface area (TPSA) is 71.3 Å². The van der Waals surface area contributed by atoms with Gasteiger partial charge in [0.1, 0.15) is 0 Å². The number of non-ortho nitro benzene ring substituents is 1. The minimum absolute atomic E-state index is 0.110. The normalized spacial score (nSPS) is 18.4. The number of aromatic nitrogens is 1. The Morgan fingerprint density at radius 2 is 2.24 bits per heavy atom. The first-order valence-corrected chi connectivity index (χ1v) is 7.06. The Bertz CT molecular complexity index is 701. The lowest BCUT2D eigenvalue weighted by molar-refractivity contribution is -0.384. The molecule has 1 aliphatic rings. The van der Waals surface area contributed by atoms with Gasteiger partial charge in [0.25, 0.3) is 5.69 Å². The van der Waals surface area contributed by atoms with Crippen molar-refractivity contribution in [2.24, 2.45) is 0 Å². The van der Waals surface area contributed by atoms with E-state index in [1.165, 1.54) is 6.07 Å². The zero-order chi connectivity index (χ0) is 15.0. The number of hydrogen-bond donors (Lipinski definition) is 1. The molecule has 1 N–H and O–H groups in total. The summed E-state index contributed by atoms with van der Waals surface area (Å²) in [6, 6.07) is 7.36. The number of aryl methyl sites for hydroxylation is 1. The molecule has 0 amide bonds. The van der Waals surface area contributed by atoms with Crippen LogP contribution in [0.4, 0.5) is 11.4 Å². The Kier molecular flexibility index (Phi) is 3.47. The number of pyridine rings is 1. The summed E-state index contributed by atoms with van der Waals surface area (Å²) in [5.74, 6) is 0. The fraction of sp³-hybridized carbons (Fsp3) is 0.400. The summed E-state index contributed by atoms with van der Waals surface area (Å²) in [5.41, 5.74) is 2.89. The highest BCUT2D eigenvalue weighted by molar-refractivity contribution is 5.93. The summed E-state index contributed by atoms with van der Waals surface area (Å²) < 4.78 is 0. The third kappa shape index (κ3) is 2.54. The van der Waals surface area contributed by atoms with Crippen LogP contribution in [0.15, 0.2) is 24.3 Å². The molecule has 6 nitrogen and oxygen atoms in total. The lowest BCUT2D eigenvalue weighted by atomic mass is 10.1. The van der Waals surface area contributed by atoms with Crippen molar-refractivity contribution in [1.29, 1.82) is 0 Å². The zero-order valence-corrected chi connectivity index (χ0v) is 12.2. The number of rotatable bonds is 3.